The summed E-state index contributed by atoms with van der Waals surface area (Å²) in [6.07, 6.45) is 1.05. The average Bonchev–Trinajstić information content (AvgIpc) is 2.38. The minimum absolute atomic E-state index is 0.815. The summed E-state index contributed by atoms with van der Waals surface area (Å²) in [5, 5.41) is 0. The zero-order chi connectivity index (χ0) is 13.0. The lowest BCUT2D eigenvalue weighted by molar-refractivity contribution is 0.877. The molecule has 0 aromatic heterocycles. The number of rotatable bonds is 4. The summed E-state index contributed by atoms with van der Waals surface area (Å²) in [5.41, 5.74) is 10.5. The molecule has 0 heterocycles. The van der Waals surface area contributed by atoms with Gasteiger partial charge in [-0.3, -0.25) is 0 Å². The van der Waals surface area contributed by atoms with Gasteiger partial charge in [0.25, 0.3) is 0 Å². The van der Waals surface area contributed by atoms with E-state index in [1.54, 1.807) is 0 Å². The van der Waals surface area contributed by atoms with E-state index in [4.69, 9.17) is 5.73 Å². The molecule has 2 N–H and O–H groups in total. The maximum atomic E-state index is 5.79. The van der Waals surface area contributed by atoms with Crippen LogP contribution in [0.25, 0.3) is 0 Å². The molecule has 0 saturated carbocycles. The number of benzene rings is 2. The molecule has 0 unspecified atom stereocenters. The lowest BCUT2D eigenvalue weighted by Crippen LogP contribution is -2.20. The van der Waals surface area contributed by atoms with E-state index in [1.807, 2.05) is 18.2 Å². The van der Waals surface area contributed by atoms with Crippen molar-refractivity contribution in [2.45, 2.75) is 13.3 Å². The van der Waals surface area contributed by atoms with E-state index in [9.17, 15) is 0 Å². The molecule has 94 valence electrons. The summed E-state index contributed by atoms with van der Waals surface area (Å²) in [7, 11) is 2.10. The Morgan fingerprint density at radius 1 is 1.06 bits per heavy atom. The van der Waals surface area contributed by atoms with E-state index in [-0.39, 0.29) is 0 Å². The van der Waals surface area contributed by atoms with Gasteiger partial charge in [0.1, 0.15) is 0 Å². The Bertz CT molecular complexity index is 503. The van der Waals surface area contributed by atoms with Crippen molar-refractivity contribution in [1.29, 1.82) is 0 Å². The second-order valence-corrected chi connectivity index (χ2v) is 4.75. The molecule has 0 amide bonds. The van der Waals surface area contributed by atoms with Crippen molar-refractivity contribution in [2.75, 3.05) is 24.2 Å². The molecule has 2 aromatic rings. The molecule has 0 fully saturated rings. The van der Waals surface area contributed by atoms with Crippen molar-refractivity contribution in [3.05, 3.63) is 59.7 Å². The van der Waals surface area contributed by atoms with E-state index in [0.29, 0.717) is 0 Å². The van der Waals surface area contributed by atoms with Crippen LogP contribution >= 0.6 is 0 Å². The van der Waals surface area contributed by atoms with Crippen LogP contribution in [0.4, 0.5) is 11.4 Å². The molecule has 2 aromatic carbocycles. The van der Waals surface area contributed by atoms with Crippen molar-refractivity contribution in [1.82, 2.24) is 0 Å². The lowest BCUT2D eigenvalue weighted by atomic mass is 10.1. The predicted octanol–water partition coefficient (Wildman–Crippen LogP) is 3.26. The zero-order valence-corrected chi connectivity index (χ0v) is 11.1. The maximum absolute atomic E-state index is 5.79. The summed E-state index contributed by atoms with van der Waals surface area (Å²) in [6, 6.07) is 16.7. The van der Waals surface area contributed by atoms with Gasteiger partial charge in [-0.15, -0.1) is 0 Å². The molecule has 2 rings (SSSR count). The molecule has 18 heavy (non-hydrogen) atoms. The van der Waals surface area contributed by atoms with Gasteiger partial charge >= 0.3 is 0 Å². The van der Waals surface area contributed by atoms with Gasteiger partial charge in [0.05, 0.1) is 0 Å². The van der Waals surface area contributed by atoms with E-state index in [1.165, 1.54) is 16.8 Å². The second kappa shape index (κ2) is 5.58. The average molecular weight is 240 g/mol. The highest BCUT2D eigenvalue weighted by Crippen LogP contribution is 2.16. The van der Waals surface area contributed by atoms with Crippen molar-refractivity contribution in [3.8, 4) is 0 Å². The van der Waals surface area contributed by atoms with Gasteiger partial charge < -0.3 is 10.6 Å². The van der Waals surface area contributed by atoms with Gasteiger partial charge in [-0.25, -0.2) is 0 Å². The lowest BCUT2D eigenvalue weighted by Gasteiger charge is -2.19. The Hall–Kier alpha value is -1.96. The summed E-state index contributed by atoms with van der Waals surface area (Å²) in [6.45, 7) is 3.11. The van der Waals surface area contributed by atoms with Crippen LogP contribution in [-0.4, -0.2) is 13.6 Å². The first-order valence-corrected chi connectivity index (χ1v) is 6.27. The van der Waals surface area contributed by atoms with Gasteiger partial charge in [0.2, 0.25) is 0 Å². The molecule has 2 heteroatoms. The number of nitrogens with two attached hydrogens (primary N) is 1. The molecule has 0 saturated heterocycles. The van der Waals surface area contributed by atoms with Crippen molar-refractivity contribution in [2.24, 2.45) is 0 Å². The highest BCUT2D eigenvalue weighted by molar-refractivity contribution is 5.55. The maximum Gasteiger partial charge on any atom is 0.0384 e. The van der Waals surface area contributed by atoms with Crippen LogP contribution in [-0.2, 0) is 6.42 Å². The Morgan fingerprint density at radius 2 is 1.78 bits per heavy atom. The van der Waals surface area contributed by atoms with Crippen LogP contribution < -0.4 is 10.6 Å². The Kier molecular flexibility index (Phi) is 3.88. The number of hydrogen-bond donors (Lipinski definition) is 1. The van der Waals surface area contributed by atoms with Crippen LogP contribution in [0.5, 0.6) is 0 Å². The van der Waals surface area contributed by atoms with Crippen LogP contribution in [0.3, 0.4) is 0 Å². The fourth-order valence-corrected chi connectivity index (χ4v) is 1.94. The van der Waals surface area contributed by atoms with Gasteiger partial charge in [0, 0.05) is 25.0 Å². The summed E-state index contributed by atoms with van der Waals surface area (Å²) in [5.74, 6) is 0. The minimum Gasteiger partial charge on any atom is -0.399 e. The molecule has 0 radical (unpaired) electrons. The van der Waals surface area contributed by atoms with Crippen LogP contribution in [0, 0.1) is 6.92 Å². The van der Waals surface area contributed by atoms with E-state index in [0.717, 1.165) is 18.7 Å². The van der Waals surface area contributed by atoms with Gasteiger partial charge in [-0.2, -0.15) is 0 Å². The first-order chi connectivity index (χ1) is 8.65. The number of nitrogens with zero attached hydrogens (tertiary/aromatic N) is 1. The van der Waals surface area contributed by atoms with Crippen LogP contribution in [0.2, 0.25) is 0 Å². The zero-order valence-electron chi connectivity index (χ0n) is 11.1. The standard InChI is InChI=1S/C16H20N2/c1-13-6-8-14(9-7-13)10-11-18(2)16-5-3-4-15(17)12-16/h3-9,12H,10-11,17H2,1-2H3. The fraction of sp³-hybridized carbons (Fsp3) is 0.250. The molecule has 2 nitrogen and oxygen atoms in total. The molecule has 0 spiro atoms. The van der Waals surface area contributed by atoms with Crippen LogP contribution in [0.1, 0.15) is 11.1 Å². The highest BCUT2D eigenvalue weighted by Gasteiger charge is 2.01. The van der Waals surface area contributed by atoms with Crippen molar-refractivity contribution >= 4 is 11.4 Å². The number of nitrogen functional groups attached to an aromatic ring is 1. The summed E-state index contributed by atoms with van der Waals surface area (Å²) >= 11 is 0. The van der Waals surface area contributed by atoms with Gasteiger partial charge in [-0.05, 0) is 37.1 Å². The smallest absolute Gasteiger partial charge is 0.0384 e. The molecule has 0 aliphatic carbocycles. The topological polar surface area (TPSA) is 29.3 Å². The first-order valence-electron chi connectivity index (χ1n) is 6.27. The number of anilines is 2. The molecule has 0 bridgehead atoms. The Labute approximate surface area is 109 Å². The van der Waals surface area contributed by atoms with Gasteiger partial charge in [-0.1, -0.05) is 35.9 Å². The number of likely N-dealkylation sites (N-methyl/N-ethyl adjacent to an activating group) is 1. The normalized spacial score (nSPS) is 10.3. The SMILES string of the molecule is Cc1ccc(CCN(C)c2cccc(N)c2)cc1. The quantitative estimate of drug-likeness (QED) is 0.831. The number of aryl methyl sites for hydroxylation is 1. The summed E-state index contributed by atoms with van der Waals surface area (Å²) < 4.78 is 0. The third-order valence-corrected chi connectivity index (χ3v) is 3.17. The monoisotopic (exact) mass is 240 g/mol. The van der Waals surface area contributed by atoms with Crippen LogP contribution in [0.15, 0.2) is 48.5 Å². The highest BCUT2D eigenvalue weighted by atomic mass is 15.1. The Morgan fingerprint density at radius 3 is 2.44 bits per heavy atom. The second-order valence-electron chi connectivity index (χ2n) is 4.75. The van der Waals surface area contributed by atoms with E-state index in [2.05, 4.69) is 49.2 Å². The van der Waals surface area contributed by atoms with E-state index >= 15 is 0 Å². The molecular weight excluding hydrogens is 220 g/mol. The molecule has 0 aliphatic heterocycles. The van der Waals surface area contributed by atoms with Gasteiger partial charge in [0.15, 0.2) is 0 Å². The third kappa shape index (κ3) is 3.27. The Balaban J connectivity index is 1.96. The largest absolute Gasteiger partial charge is 0.399 e. The van der Waals surface area contributed by atoms with Crippen molar-refractivity contribution in [3.63, 3.8) is 0 Å². The first kappa shape index (κ1) is 12.5. The fourth-order valence-electron chi connectivity index (χ4n) is 1.94. The third-order valence-electron chi connectivity index (χ3n) is 3.17. The van der Waals surface area contributed by atoms with Crippen molar-refractivity contribution < 1.29 is 0 Å². The summed E-state index contributed by atoms with van der Waals surface area (Å²) in [4.78, 5) is 2.23. The van der Waals surface area contributed by atoms with E-state index < -0.39 is 0 Å². The molecular formula is C16H20N2. The predicted molar refractivity (Wildman–Crippen MR) is 79.0 cm³/mol. The molecule has 0 aliphatic rings. The molecule has 0 atom stereocenters. The number of hydrogen-bond acceptors (Lipinski definition) is 2. The minimum atomic E-state index is 0.815.